The Bertz CT molecular complexity index is 828. The first kappa shape index (κ1) is 20.2. The highest BCUT2D eigenvalue weighted by molar-refractivity contribution is 5.30. The molecule has 3 rings (SSSR count). The second-order valence-electron chi connectivity index (χ2n) is 8.30. The summed E-state index contributed by atoms with van der Waals surface area (Å²) in [6, 6.07) is 21.1. The van der Waals surface area contributed by atoms with E-state index in [1.165, 1.54) is 16.7 Å². The van der Waals surface area contributed by atoms with Gasteiger partial charge in [0.2, 0.25) is 0 Å². The fraction of sp³-hybridized carbons (Fsp3) is 0.360. The van der Waals surface area contributed by atoms with Gasteiger partial charge in [0.1, 0.15) is 17.1 Å². The molecule has 1 heterocycles. The lowest BCUT2D eigenvalue weighted by molar-refractivity contribution is 0.131. The number of benzene rings is 2. The molecule has 0 aliphatic rings. The molecule has 1 N–H and O–H groups in total. The summed E-state index contributed by atoms with van der Waals surface area (Å²) in [6.07, 6.45) is 2.74. The fourth-order valence-electron chi connectivity index (χ4n) is 3.27. The van der Waals surface area contributed by atoms with Crippen LogP contribution in [0.5, 0.6) is 5.75 Å². The van der Waals surface area contributed by atoms with Crippen molar-refractivity contribution in [1.29, 1.82) is 0 Å². The summed E-state index contributed by atoms with van der Waals surface area (Å²) in [5.41, 5.74) is 3.66. The molecule has 0 aliphatic carbocycles. The lowest BCUT2D eigenvalue weighted by Crippen LogP contribution is -2.23. The van der Waals surface area contributed by atoms with Crippen molar-refractivity contribution in [2.24, 2.45) is 0 Å². The van der Waals surface area contributed by atoms with Crippen LogP contribution >= 0.6 is 0 Å². The Kier molecular flexibility index (Phi) is 6.58. The average Bonchev–Trinajstić information content (AvgIpc) is 3.17. The first-order valence-corrected chi connectivity index (χ1v) is 9.99. The zero-order valence-electron chi connectivity index (χ0n) is 17.4. The summed E-state index contributed by atoms with van der Waals surface area (Å²) in [7, 11) is 0. The van der Waals surface area contributed by atoms with E-state index in [2.05, 4.69) is 75.5 Å². The van der Waals surface area contributed by atoms with Gasteiger partial charge in [-0.25, -0.2) is 0 Å². The van der Waals surface area contributed by atoms with E-state index < -0.39 is 0 Å². The summed E-state index contributed by atoms with van der Waals surface area (Å²) in [5.74, 6) is 2.20. The number of rotatable bonds is 8. The molecule has 3 heteroatoms. The Labute approximate surface area is 168 Å². The molecule has 148 valence electrons. The van der Waals surface area contributed by atoms with Gasteiger partial charge in [0.15, 0.2) is 0 Å². The van der Waals surface area contributed by atoms with Crippen LogP contribution < -0.4 is 10.1 Å². The lowest BCUT2D eigenvalue weighted by atomic mass is 9.92. The standard InChI is InChI=1S/C25H31NO2/c1-19-7-11-21(12-8-19)23(24-6-5-17-27-24)15-16-26-18-20-9-13-22(14-10-20)28-25(2,3)4/h5-14,17,23,26H,15-16,18H2,1-4H3/t23-/m0/s1. The highest BCUT2D eigenvalue weighted by atomic mass is 16.5. The van der Waals surface area contributed by atoms with E-state index in [4.69, 9.17) is 9.15 Å². The van der Waals surface area contributed by atoms with Crippen LogP contribution in [-0.2, 0) is 6.54 Å². The molecule has 3 nitrogen and oxygen atoms in total. The van der Waals surface area contributed by atoms with Crippen molar-refractivity contribution in [3.63, 3.8) is 0 Å². The first-order chi connectivity index (χ1) is 13.4. The molecule has 3 aromatic rings. The van der Waals surface area contributed by atoms with Gasteiger partial charge in [0, 0.05) is 12.5 Å². The van der Waals surface area contributed by atoms with Gasteiger partial charge in [-0.05, 0) is 76.1 Å². The SMILES string of the molecule is Cc1ccc([C@H](CCNCc2ccc(OC(C)(C)C)cc2)c2ccco2)cc1. The molecule has 0 aliphatic heterocycles. The van der Waals surface area contributed by atoms with Gasteiger partial charge in [-0.1, -0.05) is 42.0 Å². The monoisotopic (exact) mass is 377 g/mol. The maximum Gasteiger partial charge on any atom is 0.120 e. The van der Waals surface area contributed by atoms with Gasteiger partial charge in [-0.15, -0.1) is 0 Å². The predicted octanol–water partition coefficient (Wildman–Crippen LogP) is 6.08. The Balaban J connectivity index is 1.54. The van der Waals surface area contributed by atoms with E-state index in [-0.39, 0.29) is 11.5 Å². The zero-order valence-corrected chi connectivity index (χ0v) is 17.4. The molecule has 0 radical (unpaired) electrons. The third-order valence-corrected chi connectivity index (χ3v) is 4.65. The van der Waals surface area contributed by atoms with Crippen LogP contribution in [0.2, 0.25) is 0 Å². The topological polar surface area (TPSA) is 34.4 Å². The Hall–Kier alpha value is -2.52. The second kappa shape index (κ2) is 9.11. The summed E-state index contributed by atoms with van der Waals surface area (Å²) in [6.45, 7) is 10.1. The van der Waals surface area contributed by atoms with E-state index in [1.54, 1.807) is 6.26 Å². The number of furan rings is 1. The molecule has 0 saturated carbocycles. The van der Waals surface area contributed by atoms with Crippen LogP contribution in [-0.4, -0.2) is 12.1 Å². The maximum absolute atomic E-state index is 5.88. The third-order valence-electron chi connectivity index (χ3n) is 4.65. The molecule has 0 saturated heterocycles. The highest BCUT2D eigenvalue weighted by Gasteiger charge is 2.16. The van der Waals surface area contributed by atoms with Crippen molar-refractivity contribution in [2.45, 2.75) is 52.2 Å². The summed E-state index contributed by atoms with van der Waals surface area (Å²) < 4.78 is 11.6. The molecule has 0 fully saturated rings. The van der Waals surface area contributed by atoms with Gasteiger partial charge < -0.3 is 14.5 Å². The zero-order chi connectivity index (χ0) is 20.0. The number of hydrogen-bond donors (Lipinski definition) is 1. The number of nitrogens with one attached hydrogen (secondary N) is 1. The van der Waals surface area contributed by atoms with Crippen molar-refractivity contribution < 1.29 is 9.15 Å². The van der Waals surface area contributed by atoms with Crippen LogP contribution in [0.1, 0.15) is 55.6 Å². The Morgan fingerprint density at radius 1 is 0.964 bits per heavy atom. The van der Waals surface area contributed by atoms with Crippen LogP contribution in [0.15, 0.2) is 71.3 Å². The minimum absolute atomic E-state index is 0.170. The minimum Gasteiger partial charge on any atom is -0.488 e. The molecule has 0 bridgehead atoms. The van der Waals surface area contributed by atoms with Crippen LogP contribution in [0.3, 0.4) is 0 Å². The molecular formula is C25H31NO2. The van der Waals surface area contributed by atoms with E-state index in [1.807, 2.05) is 18.2 Å². The normalized spacial score (nSPS) is 12.7. The average molecular weight is 378 g/mol. The number of ether oxygens (including phenoxy) is 1. The molecule has 0 spiro atoms. The Morgan fingerprint density at radius 3 is 2.29 bits per heavy atom. The maximum atomic E-state index is 5.88. The van der Waals surface area contributed by atoms with Gasteiger partial charge in [-0.2, -0.15) is 0 Å². The van der Waals surface area contributed by atoms with Crippen molar-refractivity contribution in [3.05, 3.63) is 89.4 Å². The molecule has 1 atom stereocenters. The fourth-order valence-corrected chi connectivity index (χ4v) is 3.27. The first-order valence-electron chi connectivity index (χ1n) is 9.99. The van der Waals surface area contributed by atoms with Crippen molar-refractivity contribution >= 4 is 0 Å². The van der Waals surface area contributed by atoms with Gasteiger partial charge in [-0.3, -0.25) is 0 Å². The number of aryl methyl sites for hydroxylation is 1. The van der Waals surface area contributed by atoms with E-state index in [0.717, 1.165) is 31.0 Å². The van der Waals surface area contributed by atoms with Crippen molar-refractivity contribution in [3.8, 4) is 5.75 Å². The third kappa shape index (κ3) is 6.00. The van der Waals surface area contributed by atoms with Crippen LogP contribution in [0, 0.1) is 6.92 Å². The van der Waals surface area contributed by atoms with E-state index >= 15 is 0 Å². The largest absolute Gasteiger partial charge is 0.488 e. The summed E-state index contributed by atoms with van der Waals surface area (Å²) in [4.78, 5) is 0. The summed E-state index contributed by atoms with van der Waals surface area (Å²) in [5, 5.41) is 3.56. The molecule has 2 aromatic carbocycles. The highest BCUT2D eigenvalue weighted by Crippen LogP contribution is 2.28. The summed E-state index contributed by atoms with van der Waals surface area (Å²) >= 11 is 0. The van der Waals surface area contributed by atoms with Gasteiger partial charge in [0.05, 0.1) is 6.26 Å². The lowest BCUT2D eigenvalue weighted by Gasteiger charge is -2.21. The molecule has 0 unspecified atom stereocenters. The van der Waals surface area contributed by atoms with Crippen molar-refractivity contribution in [1.82, 2.24) is 5.32 Å². The smallest absolute Gasteiger partial charge is 0.120 e. The molecule has 1 aromatic heterocycles. The van der Waals surface area contributed by atoms with Crippen LogP contribution in [0.4, 0.5) is 0 Å². The van der Waals surface area contributed by atoms with E-state index in [0.29, 0.717) is 0 Å². The quantitative estimate of drug-likeness (QED) is 0.483. The predicted molar refractivity (Wildman–Crippen MR) is 115 cm³/mol. The molecule has 28 heavy (non-hydrogen) atoms. The van der Waals surface area contributed by atoms with Crippen LogP contribution in [0.25, 0.3) is 0 Å². The molecule has 0 amide bonds. The molecular weight excluding hydrogens is 346 g/mol. The van der Waals surface area contributed by atoms with Crippen molar-refractivity contribution in [2.75, 3.05) is 6.54 Å². The number of hydrogen-bond acceptors (Lipinski definition) is 3. The minimum atomic E-state index is -0.170. The Morgan fingerprint density at radius 2 is 1.68 bits per heavy atom. The van der Waals surface area contributed by atoms with Gasteiger partial charge in [0.25, 0.3) is 0 Å². The van der Waals surface area contributed by atoms with Gasteiger partial charge >= 0.3 is 0 Å². The van der Waals surface area contributed by atoms with E-state index in [9.17, 15) is 0 Å². The second-order valence-corrected chi connectivity index (χ2v) is 8.30.